The Morgan fingerprint density at radius 1 is 1.37 bits per heavy atom. The van der Waals surface area contributed by atoms with Gasteiger partial charge in [0.2, 0.25) is 0 Å². The third-order valence-electron chi connectivity index (χ3n) is 3.26. The van der Waals surface area contributed by atoms with Crippen LogP contribution in [0.3, 0.4) is 0 Å². The summed E-state index contributed by atoms with van der Waals surface area (Å²) in [7, 11) is 1.65. The molecular weight excluding hydrogens is 263 g/mol. The van der Waals surface area contributed by atoms with Crippen LogP contribution in [-0.2, 0) is 4.74 Å². The first-order valence-electron chi connectivity index (χ1n) is 6.19. The van der Waals surface area contributed by atoms with Crippen molar-refractivity contribution < 1.29 is 13.9 Å². The van der Waals surface area contributed by atoms with Crippen LogP contribution in [0.1, 0.15) is 36.4 Å². The van der Waals surface area contributed by atoms with Crippen molar-refractivity contribution in [2.75, 3.05) is 7.11 Å². The van der Waals surface area contributed by atoms with E-state index in [0.29, 0.717) is 17.7 Å². The van der Waals surface area contributed by atoms with E-state index in [0.717, 1.165) is 10.1 Å². The van der Waals surface area contributed by atoms with Crippen LogP contribution < -0.4 is 0 Å². The van der Waals surface area contributed by atoms with Crippen LogP contribution in [0.2, 0.25) is 0 Å². The monoisotopic (exact) mass is 280 g/mol. The zero-order valence-electron chi connectivity index (χ0n) is 11.3. The molecule has 0 bridgehead atoms. The first-order valence-corrected chi connectivity index (χ1v) is 7.00. The predicted molar refractivity (Wildman–Crippen MR) is 76.4 cm³/mol. The minimum absolute atomic E-state index is 0.0896. The van der Waals surface area contributed by atoms with Gasteiger partial charge in [-0.3, -0.25) is 4.79 Å². The van der Waals surface area contributed by atoms with Crippen LogP contribution in [0.25, 0.3) is 10.1 Å². The van der Waals surface area contributed by atoms with Gasteiger partial charge in [0.1, 0.15) is 5.82 Å². The lowest BCUT2D eigenvalue weighted by atomic mass is 10.0. The van der Waals surface area contributed by atoms with Crippen molar-refractivity contribution in [2.45, 2.75) is 32.3 Å². The summed E-state index contributed by atoms with van der Waals surface area (Å²) in [5.41, 5.74) is -0.293. The van der Waals surface area contributed by atoms with Gasteiger partial charge in [-0.25, -0.2) is 4.39 Å². The molecule has 0 aliphatic heterocycles. The number of hydrogen-bond donors (Lipinski definition) is 0. The van der Waals surface area contributed by atoms with Crippen LogP contribution in [0.5, 0.6) is 0 Å². The number of Topliss-reactive ketones (excluding diaryl/α,β-unsaturated/α-hetero) is 1. The highest BCUT2D eigenvalue weighted by Crippen LogP contribution is 2.28. The minimum Gasteiger partial charge on any atom is -0.379 e. The fraction of sp³-hybridized carbons (Fsp3) is 0.400. The molecule has 2 nitrogen and oxygen atoms in total. The maximum Gasteiger partial charge on any atom is 0.172 e. The molecule has 2 aromatic rings. The van der Waals surface area contributed by atoms with E-state index in [1.54, 1.807) is 13.2 Å². The number of methoxy groups -OCH3 is 1. The third kappa shape index (κ3) is 3.39. The Balaban J connectivity index is 2.13. The normalized spacial score (nSPS) is 12.0. The van der Waals surface area contributed by atoms with Gasteiger partial charge < -0.3 is 4.74 Å². The van der Waals surface area contributed by atoms with Gasteiger partial charge in [-0.2, -0.15) is 0 Å². The zero-order valence-corrected chi connectivity index (χ0v) is 12.1. The largest absolute Gasteiger partial charge is 0.379 e. The number of benzene rings is 1. The first kappa shape index (κ1) is 14.2. The molecular formula is C15H17FO2S. The lowest BCUT2D eigenvalue weighted by Gasteiger charge is -2.21. The Bertz CT molecular complexity index is 601. The first-order chi connectivity index (χ1) is 8.91. The summed E-state index contributed by atoms with van der Waals surface area (Å²) in [5, 5.41) is 0.917. The van der Waals surface area contributed by atoms with Crippen LogP contribution >= 0.6 is 11.3 Å². The molecule has 0 saturated heterocycles. The van der Waals surface area contributed by atoms with Crippen LogP contribution in [-0.4, -0.2) is 18.5 Å². The van der Waals surface area contributed by atoms with E-state index in [1.807, 2.05) is 19.9 Å². The van der Waals surface area contributed by atoms with Gasteiger partial charge in [0.15, 0.2) is 5.78 Å². The molecule has 0 aliphatic rings. The maximum atomic E-state index is 13.1. The lowest BCUT2D eigenvalue weighted by Crippen LogP contribution is -2.23. The number of ether oxygens (including phenoxy) is 1. The lowest BCUT2D eigenvalue weighted by molar-refractivity contribution is 0.0142. The number of fused-ring (bicyclic) bond motifs is 1. The molecule has 0 saturated carbocycles. The molecule has 2 rings (SSSR count). The number of carbonyl (C=O) groups excluding carboxylic acids is 1. The van der Waals surface area contributed by atoms with Gasteiger partial charge in [-0.15, -0.1) is 11.3 Å². The smallest absolute Gasteiger partial charge is 0.172 e. The molecule has 0 fully saturated rings. The number of carbonyl (C=O) groups is 1. The number of rotatable bonds is 5. The van der Waals surface area contributed by atoms with Crippen molar-refractivity contribution >= 4 is 27.2 Å². The highest BCUT2D eigenvalue weighted by Gasteiger charge is 2.19. The molecule has 1 aromatic heterocycles. The number of thiophene rings is 1. The summed E-state index contributed by atoms with van der Waals surface area (Å²) in [5.74, 6) is -0.180. The quantitative estimate of drug-likeness (QED) is 0.757. The maximum absolute atomic E-state index is 13.1. The van der Waals surface area contributed by atoms with Gasteiger partial charge >= 0.3 is 0 Å². The van der Waals surface area contributed by atoms with E-state index in [-0.39, 0.29) is 17.2 Å². The summed E-state index contributed by atoms with van der Waals surface area (Å²) in [6, 6.07) is 6.42. The van der Waals surface area contributed by atoms with Gasteiger partial charge in [-0.05, 0) is 43.9 Å². The molecule has 0 radical (unpaired) electrons. The number of halogens is 1. The molecule has 0 unspecified atom stereocenters. The molecule has 0 N–H and O–H groups in total. The van der Waals surface area contributed by atoms with Crippen molar-refractivity contribution in [1.29, 1.82) is 0 Å². The molecule has 0 amide bonds. The molecule has 1 aromatic carbocycles. The number of ketones is 1. The molecule has 0 spiro atoms. The fourth-order valence-corrected chi connectivity index (χ4v) is 2.84. The van der Waals surface area contributed by atoms with Gasteiger partial charge in [0, 0.05) is 18.2 Å². The highest BCUT2D eigenvalue weighted by molar-refractivity contribution is 7.20. The summed E-state index contributed by atoms with van der Waals surface area (Å²) in [6.45, 7) is 3.92. The van der Waals surface area contributed by atoms with E-state index in [2.05, 4.69) is 0 Å². The Morgan fingerprint density at radius 3 is 2.79 bits per heavy atom. The Labute approximate surface area is 116 Å². The molecule has 0 atom stereocenters. The van der Waals surface area contributed by atoms with Gasteiger partial charge in [-0.1, -0.05) is 6.07 Å². The van der Waals surface area contributed by atoms with E-state index in [1.165, 1.54) is 23.5 Å². The van der Waals surface area contributed by atoms with E-state index >= 15 is 0 Å². The second kappa shape index (κ2) is 5.39. The SMILES string of the molecule is COC(C)(C)CCC(=O)c1cc2ccc(F)cc2s1. The number of hydrogen-bond acceptors (Lipinski definition) is 3. The summed E-state index contributed by atoms with van der Waals surface area (Å²) in [4.78, 5) is 12.8. The summed E-state index contributed by atoms with van der Waals surface area (Å²) in [6.07, 6.45) is 1.11. The topological polar surface area (TPSA) is 26.3 Å². The average molecular weight is 280 g/mol. The van der Waals surface area contributed by atoms with Crippen molar-refractivity contribution in [1.82, 2.24) is 0 Å². The van der Waals surface area contributed by atoms with Crippen LogP contribution in [0.15, 0.2) is 24.3 Å². The molecule has 19 heavy (non-hydrogen) atoms. The fourth-order valence-electron chi connectivity index (χ4n) is 1.78. The van der Waals surface area contributed by atoms with Crippen LogP contribution in [0.4, 0.5) is 4.39 Å². The molecule has 0 aliphatic carbocycles. The predicted octanol–water partition coefficient (Wildman–Crippen LogP) is 4.43. The highest BCUT2D eigenvalue weighted by atomic mass is 32.1. The molecule has 4 heteroatoms. The standard InChI is InChI=1S/C15H17FO2S/c1-15(2,18-3)7-6-12(17)14-8-10-4-5-11(16)9-13(10)19-14/h4-5,8-9H,6-7H2,1-3H3. The van der Waals surface area contributed by atoms with Crippen molar-refractivity contribution in [3.05, 3.63) is 35.0 Å². The second-order valence-corrected chi connectivity index (χ2v) is 6.26. The van der Waals surface area contributed by atoms with E-state index < -0.39 is 0 Å². The van der Waals surface area contributed by atoms with Crippen LogP contribution in [0, 0.1) is 5.82 Å². The van der Waals surface area contributed by atoms with Crippen molar-refractivity contribution in [3.8, 4) is 0 Å². The molecule has 102 valence electrons. The Hall–Kier alpha value is -1.26. The van der Waals surface area contributed by atoms with Gasteiger partial charge in [0.05, 0.1) is 10.5 Å². The third-order valence-corrected chi connectivity index (χ3v) is 4.40. The van der Waals surface area contributed by atoms with Crippen molar-refractivity contribution in [2.24, 2.45) is 0 Å². The van der Waals surface area contributed by atoms with Crippen molar-refractivity contribution in [3.63, 3.8) is 0 Å². The average Bonchev–Trinajstić information content (AvgIpc) is 2.79. The zero-order chi connectivity index (χ0) is 14.0. The summed E-state index contributed by atoms with van der Waals surface area (Å²) >= 11 is 1.35. The Kier molecular flexibility index (Phi) is 4.02. The van der Waals surface area contributed by atoms with E-state index in [4.69, 9.17) is 4.74 Å². The second-order valence-electron chi connectivity index (χ2n) is 5.18. The Morgan fingerprint density at radius 2 is 2.11 bits per heavy atom. The minimum atomic E-state index is -0.293. The molecule has 1 heterocycles. The van der Waals surface area contributed by atoms with E-state index in [9.17, 15) is 9.18 Å². The van der Waals surface area contributed by atoms with Gasteiger partial charge in [0.25, 0.3) is 0 Å². The summed E-state index contributed by atoms with van der Waals surface area (Å²) < 4.78 is 19.2.